The third-order valence-corrected chi connectivity index (χ3v) is 13.7. The zero-order valence-corrected chi connectivity index (χ0v) is 28.7. The lowest BCUT2D eigenvalue weighted by molar-refractivity contribution is -0.174. The fourth-order valence-corrected chi connectivity index (χ4v) is 11.2. The maximum Gasteiger partial charge on any atom is 0.308 e. The number of nitrogens with two attached hydrogens (primary N) is 1. The van der Waals surface area contributed by atoms with E-state index in [1.807, 2.05) is 13.0 Å². The summed E-state index contributed by atoms with van der Waals surface area (Å²) in [6.45, 7) is 17.7. The number of thioether (sulfide) groups is 1. The van der Waals surface area contributed by atoms with Gasteiger partial charge in [-0.05, 0) is 97.6 Å². The Morgan fingerprint density at radius 3 is 2.14 bits per heavy atom. The normalized spacial score (nSPS) is 37.3. The lowest BCUT2D eigenvalue weighted by atomic mass is 9.33. The van der Waals surface area contributed by atoms with Gasteiger partial charge in [0.15, 0.2) is 16.6 Å². The van der Waals surface area contributed by atoms with Gasteiger partial charge in [0.25, 0.3) is 0 Å². The van der Waals surface area contributed by atoms with Crippen LogP contribution in [0.25, 0.3) is 0 Å². The quantitative estimate of drug-likeness (QED) is 0.204. The van der Waals surface area contributed by atoms with Gasteiger partial charge in [0.1, 0.15) is 0 Å². The van der Waals surface area contributed by atoms with Crippen LogP contribution in [0.2, 0.25) is 0 Å². The van der Waals surface area contributed by atoms with Gasteiger partial charge in [-0.25, -0.2) is 0 Å². The van der Waals surface area contributed by atoms with Gasteiger partial charge < -0.3 is 15.2 Å². The average Bonchev–Trinajstić information content (AvgIpc) is 2.92. The second-order valence-corrected chi connectivity index (χ2v) is 16.4. The highest BCUT2D eigenvalue weighted by Gasteiger charge is 2.68. The number of carbonyl (C=O) groups is 4. The number of amides is 1. The summed E-state index contributed by atoms with van der Waals surface area (Å²) in [6.07, 6.45) is 9.92. The minimum absolute atomic E-state index is 0.00217. The topological polar surface area (TPSA) is 113 Å². The van der Waals surface area contributed by atoms with E-state index in [4.69, 9.17) is 15.2 Å². The van der Waals surface area contributed by atoms with Crippen molar-refractivity contribution < 1.29 is 28.7 Å². The standard InChI is InChI=1S/C36H49NO6S/c1-10-36-16-14-34(8)24-17-25(42-21(3)38)30(43-22(4)39)20(2)29(24)26(44-23(5)40)18-27(34)35(36,9)15-13-32(6)11-12-33(7,31(37)41)19-28(32)36/h17-18,26,28H,10-16,19H2,1-9H3,(H2,37,41)/t26?,28-,32-,33-,34+,35-,36+/m1/s1. The first-order chi connectivity index (χ1) is 20.4. The summed E-state index contributed by atoms with van der Waals surface area (Å²) < 4.78 is 11.3. The molecule has 0 spiro atoms. The molecule has 0 saturated heterocycles. The summed E-state index contributed by atoms with van der Waals surface area (Å²) in [6, 6.07) is 1.89. The van der Waals surface area contributed by atoms with Crippen LogP contribution < -0.4 is 15.2 Å². The molecule has 3 saturated carbocycles. The first-order valence-electron chi connectivity index (χ1n) is 16.1. The molecule has 0 heterocycles. The number of esters is 2. The summed E-state index contributed by atoms with van der Waals surface area (Å²) in [5.41, 5.74) is 9.08. The molecule has 8 heteroatoms. The number of fused-ring (bicyclic) bond motifs is 7. The zero-order chi connectivity index (χ0) is 32.6. The Labute approximate surface area is 266 Å². The minimum Gasteiger partial charge on any atom is -0.423 e. The Kier molecular flexibility index (Phi) is 8.00. The largest absolute Gasteiger partial charge is 0.423 e. The monoisotopic (exact) mass is 623 g/mol. The molecule has 3 fully saturated rings. The Morgan fingerprint density at radius 2 is 1.57 bits per heavy atom. The zero-order valence-electron chi connectivity index (χ0n) is 27.9. The van der Waals surface area contributed by atoms with Crippen molar-refractivity contribution in [2.45, 2.75) is 124 Å². The molecule has 240 valence electrons. The molecule has 1 aromatic rings. The van der Waals surface area contributed by atoms with E-state index in [1.165, 1.54) is 31.2 Å². The maximum absolute atomic E-state index is 12.8. The number of ether oxygens (including phenoxy) is 2. The van der Waals surface area contributed by atoms with Gasteiger partial charge in [-0.1, -0.05) is 58.0 Å². The van der Waals surface area contributed by atoms with E-state index in [9.17, 15) is 19.2 Å². The van der Waals surface area contributed by atoms with Crippen LogP contribution in [-0.2, 0) is 24.6 Å². The second-order valence-electron chi connectivity index (χ2n) is 15.1. The van der Waals surface area contributed by atoms with Crippen molar-refractivity contribution in [2.24, 2.45) is 33.3 Å². The first kappa shape index (κ1) is 32.8. The number of rotatable bonds is 5. The molecule has 2 N–H and O–H groups in total. The van der Waals surface area contributed by atoms with Crippen molar-refractivity contribution in [3.05, 3.63) is 34.4 Å². The summed E-state index contributed by atoms with van der Waals surface area (Å²) in [7, 11) is 0. The molecule has 7 nitrogen and oxygen atoms in total. The highest BCUT2D eigenvalue weighted by atomic mass is 32.2. The van der Waals surface area contributed by atoms with Crippen LogP contribution in [0.4, 0.5) is 0 Å². The third kappa shape index (κ3) is 4.68. The van der Waals surface area contributed by atoms with Gasteiger partial charge in [-0.2, -0.15) is 0 Å². The SMILES string of the molecule is CC[C@@]12CC[C@]3(C)C(=CC(SC(C)=O)c4c3cc(OC(C)=O)c(OC(C)=O)c4C)[C@@]1(C)CC[C@@]1(C)CC[C@@](C)(C(N)=O)C[C@H]12. The third-order valence-electron chi connectivity index (χ3n) is 12.7. The molecule has 0 aliphatic heterocycles. The first-order valence-corrected chi connectivity index (χ1v) is 17.0. The second kappa shape index (κ2) is 10.7. The van der Waals surface area contributed by atoms with Crippen LogP contribution in [-0.4, -0.2) is 23.0 Å². The molecule has 7 atom stereocenters. The maximum atomic E-state index is 12.8. The number of hydrogen-bond acceptors (Lipinski definition) is 7. The van der Waals surface area contributed by atoms with E-state index < -0.39 is 17.4 Å². The molecule has 4 aliphatic carbocycles. The van der Waals surface area contributed by atoms with E-state index in [0.29, 0.717) is 11.5 Å². The van der Waals surface area contributed by atoms with E-state index >= 15 is 0 Å². The summed E-state index contributed by atoms with van der Waals surface area (Å²) in [5, 5.41) is -0.284. The van der Waals surface area contributed by atoms with Crippen LogP contribution in [0.15, 0.2) is 17.7 Å². The Morgan fingerprint density at radius 1 is 0.932 bits per heavy atom. The summed E-state index contributed by atoms with van der Waals surface area (Å²) in [4.78, 5) is 49.9. The smallest absolute Gasteiger partial charge is 0.308 e. The highest BCUT2D eigenvalue weighted by Crippen LogP contribution is 2.76. The van der Waals surface area contributed by atoms with Crippen LogP contribution in [0.1, 0.15) is 129 Å². The number of carbonyl (C=O) groups excluding carboxylic acids is 4. The van der Waals surface area contributed by atoms with Crippen molar-refractivity contribution in [3.63, 3.8) is 0 Å². The fourth-order valence-electron chi connectivity index (χ4n) is 10.2. The van der Waals surface area contributed by atoms with Crippen LogP contribution in [0.3, 0.4) is 0 Å². The van der Waals surface area contributed by atoms with E-state index in [-0.39, 0.29) is 49.4 Å². The van der Waals surface area contributed by atoms with Gasteiger partial charge in [0.05, 0.1) is 5.25 Å². The summed E-state index contributed by atoms with van der Waals surface area (Å²) >= 11 is 1.28. The van der Waals surface area contributed by atoms with E-state index in [0.717, 1.165) is 62.5 Å². The Bertz CT molecular complexity index is 1480. The molecule has 1 unspecified atom stereocenters. The molecular weight excluding hydrogens is 574 g/mol. The molecular formula is C36H49NO6S. The van der Waals surface area contributed by atoms with E-state index in [2.05, 4.69) is 40.7 Å². The Hall–Kier alpha value is -2.61. The fraction of sp³-hybridized carbons (Fsp3) is 0.667. The lowest BCUT2D eigenvalue weighted by Crippen LogP contribution is -2.64. The molecule has 4 aliphatic rings. The van der Waals surface area contributed by atoms with Gasteiger partial charge in [-0.15, -0.1) is 0 Å². The molecule has 0 aromatic heterocycles. The van der Waals surface area contributed by atoms with Gasteiger partial charge >= 0.3 is 11.9 Å². The van der Waals surface area contributed by atoms with Crippen LogP contribution in [0.5, 0.6) is 11.5 Å². The molecule has 1 amide bonds. The molecule has 1 aromatic carbocycles. The average molecular weight is 624 g/mol. The van der Waals surface area contributed by atoms with Gasteiger partial charge in [-0.3, -0.25) is 19.2 Å². The number of allylic oxidation sites excluding steroid dienone is 1. The molecule has 44 heavy (non-hydrogen) atoms. The van der Waals surface area contributed by atoms with Crippen LogP contribution in [0, 0.1) is 34.5 Å². The molecule has 0 radical (unpaired) electrons. The van der Waals surface area contributed by atoms with Gasteiger partial charge in [0, 0.05) is 37.2 Å². The minimum atomic E-state index is -0.519. The number of hydrogen-bond donors (Lipinski definition) is 1. The van der Waals surface area contributed by atoms with Crippen molar-refractivity contribution in [2.75, 3.05) is 0 Å². The highest BCUT2D eigenvalue weighted by molar-refractivity contribution is 8.13. The number of benzene rings is 1. The predicted octanol–water partition coefficient (Wildman–Crippen LogP) is 7.65. The molecule has 5 rings (SSSR count). The van der Waals surface area contributed by atoms with E-state index in [1.54, 1.807) is 6.92 Å². The van der Waals surface area contributed by atoms with Crippen molar-refractivity contribution in [1.29, 1.82) is 0 Å². The lowest BCUT2D eigenvalue weighted by Gasteiger charge is -2.71. The van der Waals surface area contributed by atoms with Crippen molar-refractivity contribution in [1.82, 2.24) is 0 Å². The number of primary amides is 1. The van der Waals surface area contributed by atoms with Crippen LogP contribution >= 0.6 is 11.8 Å². The molecule has 0 bridgehead atoms. The summed E-state index contributed by atoms with van der Waals surface area (Å²) in [5.74, 6) is -0.399. The Balaban J connectivity index is 1.75. The van der Waals surface area contributed by atoms with Gasteiger partial charge in [0.2, 0.25) is 5.91 Å². The van der Waals surface area contributed by atoms with Crippen molar-refractivity contribution in [3.8, 4) is 11.5 Å². The predicted molar refractivity (Wildman–Crippen MR) is 172 cm³/mol. The van der Waals surface area contributed by atoms with Crippen molar-refractivity contribution >= 4 is 34.7 Å².